The number of nitrogens with two attached hydrogens (primary N) is 1. The molecular weight excluding hydrogens is 494 g/mol. The number of ether oxygens (including phenoxy) is 1. The summed E-state index contributed by atoms with van der Waals surface area (Å²) in [5.41, 5.74) is 4.57. The number of anilines is 1. The Morgan fingerprint density at radius 3 is 2.58 bits per heavy atom. The number of H-pyrrole nitrogens is 1. The second-order valence-corrected chi connectivity index (χ2v) is 10.5. The third-order valence-electron chi connectivity index (χ3n) is 3.69. The van der Waals surface area contributed by atoms with Crippen LogP contribution in [0.25, 0.3) is 11.2 Å². The molecule has 3 heterocycles. The number of imidazole rings is 1. The molecule has 1 saturated heterocycles. The number of aromatic nitrogens is 4. The van der Waals surface area contributed by atoms with Gasteiger partial charge in [-0.25, -0.2) is 23.1 Å². The lowest BCUT2D eigenvalue weighted by Gasteiger charge is -2.18. The summed E-state index contributed by atoms with van der Waals surface area (Å²) in [6.45, 7) is -0.830. The molecule has 0 radical (unpaired) electrons. The Hall–Kier alpha value is -1.55. The molecular formula is C10H15FN5O12P3. The topological polar surface area (TPSA) is 259 Å². The fourth-order valence-corrected chi connectivity index (χ4v) is 5.71. The van der Waals surface area contributed by atoms with Gasteiger partial charge in [0.25, 0.3) is 5.56 Å². The summed E-state index contributed by atoms with van der Waals surface area (Å²) < 4.78 is 66.1. The van der Waals surface area contributed by atoms with Gasteiger partial charge in [0.15, 0.2) is 17.4 Å². The van der Waals surface area contributed by atoms with E-state index in [9.17, 15) is 27.8 Å². The molecule has 0 spiro atoms. The fourth-order valence-electron chi connectivity index (χ4n) is 2.66. The highest BCUT2D eigenvalue weighted by atomic mass is 31.3. The number of phosphoric ester groups is 1. The van der Waals surface area contributed by atoms with Crippen LogP contribution in [0.3, 0.4) is 0 Å². The molecule has 17 nitrogen and oxygen atoms in total. The monoisotopic (exact) mass is 509 g/mol. The van der Waals surface area contributed by atoms with E-state index in [1.54, 1.807) is 0 Å². The van der Waals surface area contributed by atoms with Crippen LogP contribution in [0.15, 0.2) is 11.1 Å². The summed E-state index contributed by atoms with van der Waals surface area (Å²) in [5.74, 6) is -0.253. The number of hydrogen-bond donors (Lipinski definition) is 6. The van der Waals surface area contributed by atoms with Crippen molar-refractivity contribution in [3.63, 3.8) is 0 Å². The van der Waals surface area contributed by atoms with Gasteiger partial charge in [-0.2, -0.15) is 13.6 Å². The second-order valence-electron chi connectivity index (χ2n) is 6.06. The molecule has 5 atom stereocenters. The van der Waals surface area contributed by atoms with E-state index in [1.807, 2.05) is 0 Å². The molecule has 174 valence electrons. The smallest absolute Gasteiger partial charge is 0.369 e. The first-order valence-electron chi connectivity index (χ1n) is 7.96. The van der Waals surface area contributed by atoms with Gasteiger partial charge < -0.3 is 30.0 Å². The van der Waals surface area contributed by atoms with Crippen molar-refractivity contribution in [3.8, 4) is 0 Å². The Kier molecular flexibility index (Phi) is 6.55. The van der Waals surface area contributed by atoms with Crippen molar-refractivity contribution < 1.29 is 55.5 Å². The van der Waals surface area contributed by atoms with Crippen molar-refractivity contribution in [2.75, 3.05) is 12.3 Å². The molecule has 0 aromatic carbocycles. The van der Waals surface area contributed by atoms with E-state index in [0.717, 1.165) is 10.9 Å². The van der Waals surface area contributed by atoms with Crippen LogP contribution in [0.4, 0.5) is 10.3 Å². The number of fused-ring (bicyclic) bond motifs is 1. The van der Waals surface area contributed by atoms with Crippen LogP contribution >= 0.6 is 23.5 Å². The molecule has 1 fully saturated rings. The highest BCUT2D eigenvalue weighted by molar-refractivity contribution is 7.66. The number of nitrogens with one attached hydrogen (secondary N) is 1. The maximum absolute atomic E-state index is 14.5. The zero-order valence-electron chi connectivity index (χ0n) is 14.9. The van der Waals surface area contributed by atoms with Crippen LogP contribution in [0.5, 0.6) is 0 Å². The quantitative estimate of drug-likeness (QED) is 0.249. The minimum Gasteiger partial charge on any atom is -0.369 e. The van der Waals surface area contributed by atoms with Crippen LogP contribution in [-0.2, 0) is 31.6 Å². The van der Waals surface area contributed by atoms with E-state index in [0.29, 0.717) is 0 Å². The van der Waals surface area contributed by atoms with Crippen molar-refractivity contribution in [3.05, 3.63) is 16.7 Å². The summed E-state index contributed by atoms with van der Waals surface area (Å²) >= 11 is 0. The van der Waals surface area contributed by atoms with Crippen LogP contribution in [0.1, 0.15) is 12.6 Å². The number of nitrogen functional groups attached to an aromatic ring is 1. The van der Waals surface area contributed by atoms with Crippen molar-refractivity contribution in [1.29, 1.82) is 0 Å². The predicted octanol–water partition coefficient (Wildman–Crippen LogP) is -0.329. The molecule has 1 aliphatic rings. The number of halogens is 1. The first-order chi connectivity index (χ1) is 14.2. The Labute approximate surface area is 170 Å². The van der Waals surface area contributed by atoms with Crippen molar-refractivity contribution in [2.24, 2.45) is 0 Å². The highest BCUT2D eigenvalue weighted by Crippen LogP contribution is 2.66. The largest absolute Gasteiger partial charge is 0.490 e. The van der Waals surface area contributed by atoms with Gasteiger partial charge in [0.1, 0.15) is 6.17 Å². The first kappa shape index (κ1) is 24.1. The number of alkyl halides is 1. The lowest BCUT2D eigenvalue weighted by Crippen LogP contribution is -2.19. The Morgan fingerprint density at radius 1 is 1.26 bits per heavy atom. The van der Waals surface area contributed by atoms with E-state index in [1.165, 1.54) is 0 Å². The van der Waals surface area contributed by atoms with Crippen LogP contribution < -0.4 is 11.3 Å². The number of aromatic amines is 1. The average Bonchev–Trinajstić information content (AvgIpc) is 3.12. The first-order valence-corrected chi connectivity index (χ1v) is 12.5. The molecule has 1 aliphatic heterocycles. The van der Waals surface area contributed by atoms with Gasteiger partial charge in [0, 0.05) is 6.42 Å². The summed E-state index contributed by atoms with van der Waals surface area (Å²) in [6.07, 6.45) is -3.56. The molecule has 0 bridgehead atoms. The van der Waals surface area contributed by atoms with Crippen LogP contribution in [-0.4, -0.2) is 58.0 Å². The van der Waals surface area contributed by atoms with Gasteiger partial charge in [-0.1, -0.05) is 0 Å². The van der Waals surface area contributed by atoms with Gasteiger partial charge in [-0.15, -0.1) is 0 Å². The molecule has 7 N–H and O–H groups in total. The van der Waals surface area contributed by atoms with Gasteiger partial charge in [0.05, 0.1) is 19.0 Å². The molecule has 0 saturated carbocycles. The minimum absolute atomic E-state index is 0.0811. The van der Waals surface area contributed by atoms with Gasteiger partial charge in [0.2, 0.25) is 5.95 Å². The zero-order valence-corrected chi connectivity index (χ0v) is 17.6. The Bertz CT molecular complexity index is 1180. The predicted molar refractivity (Wildman–Crippen MR) is 95.8 cm³/mol. The molecule has 0 amide bonds. The standard InChI is InChI=1S/C10H15FN5O12P3/c11-5-1-4(2-25-30(21,22)28-31(23,24)27-29(18,19)20)26-9(5)16-3-13-6-7(16)14-10(12)15-8(6)17/h3-5,9H,1-2H2,(H,21,22)(H,23,24)(H2,18,19,20)(H3,12,14,15,17)/t4-,5+,9+/m0/s1. The van der Waals surface area contributed by atoms with E-state index in [2.05, 4.69) is 28.1 Å². The molecule has 2 aromatic rings. The maximum atomic E-state index is 14.5. The van der Waals surface area contributed by atoms with Gasteiger partial charge >= 0.3 is 23.5 Å². The third kappa shape index (κ3) is 6.03. The molecule has 0 aliphatic carbocycles. The average molecular weight is 509 g/mol. The number of phosphoric acid groups is 3. The van der Waals surface area contributed by atoms with Crippen molar-refractivity contribution in [1.82, 2.24) is 19.5 Å². The number of rotatable bonds is 8. The van der Waals surface area contributed by atoms with Gasteiger partial charge in [-0.3, -0.25) is 18.9 Å². The highest BCUT2D eigenvalue weighted by Gasteiger charge is 2.43. The molecule has 2 unspecified atom stereocenters. The molecule has 31 heavy (non-hydrogen) atoms. The molecule has 21 heteroatoms. The second kappa shape index (κ2) is 8.42. The maximum Gasteiger partial charge on any atom is 0.490 e. The van der Waals surface area contributed by atoms with E-state index in [4.69, 9.17) is 25.2 Å². The number of nitrogens with zero attached hydrogens (tertiary/aromatic N) is 3. The normalized spacial score (nSPS) is 26.0. The van der Waals surface area contributed by atoms with E-state index in [-0.39, 0.29) is 23.5 Å². The van der Waals surface area contributed by atoms with E-state index < -0.39 is 54.1 Å². The summed E-state index contributed by atoms with van der Waals surface area (Å²) in [7, 11) is -16.6. The zero-order chi connectivity index (χ0) is 23.2. The number of hydrogen-bond acceptors (Lipinski definition) is 11. The van der Waals surface area contributed by atoms with Crippen molar-refractivity contribution in [2.45, 2.75) is 24.9 Å². The Morgan fingerprint density at radius 2 is 1.94 bits per heavy atom. The van der Waals surface area contributed by atoms with Gasteiger partial charge in [-0.05, 0) is 0 Å². The lowest BCUT2D eigenvalue weighted by molar-refractivity contribution is -0.0346. The van der Waals surface area contributed by atoms with Crippen molar-refractivity contribution >= 4 is 40.6 Å². The van der Waals surface area contributed by atoms with E-state index >= 15 is 0 Å². The third-order valence-corrected chi connectivity index (χ3v) is 7.50. The molecule has 3 rings (SSSR count). The SMILES string of the molecule is Nc1nc2c(ncn2[C@@H]2O[C@H](COP(=O)(O)OP(=O)(O)OP(=O)(O)O)C[C@H]2F)c(=O)[nH]1. The summed E-state index contributed by atoms with van der Waals surface area (Å²) in [6, 6.07) is 0. The minimum atomic E-state index is -5.68. The van der Waals surface area contributed by atoms with Crippen LogP contribution in [0, 0.1) is 0 Å². The lowest BCUT2D eigenvalue weighted by atomic mass is 10.2. The van der Waals surface area contributed by atoms with Crippen LogP contribution in [0.2, 0.25) is 0 Å². The molecule has 2 aromatic heterocycles. The fraction of sp³-hybridized carbons (Fsp3) is 0.500. The summed E-state index contributed by atoms with van der Waals surface area (Å²) in [4.78, 5) is 57.2. The summed E-state index contributed by atoms with van der Waals surface area (Å²) in [5, 5.41) is 0. The Balaban J connectivity index is 1.67.